The summed E-state index contributed by atoms with van der Waals surface area (Å²) < 4.78 is 4.94. The number of ether oxygens (including phenoxy) is 1. The van der Waals surface area contributed by atoms with Crippen LogP contribution in [0.5, 0.6) is 5.88 Å². The van der Waals surface area contributed by atoms with E-state index in [1.54, 1.807) is 19.4 Å². The van der Waals surface area contributed by atoms with Crippen molar-refractivity contribution in [2.75, 3.05) is 7.11 Å². The maximum absolute atomic E-state index is 11.5. The van der Waals surface area contributed by atoms with Gasteiger partial charge in [-0.25, -0.2) is 4.98 Å². The third kappa shape index (κ3) is 4.11. The van der Waals surface area contributed by atoms with Crippen molar-refractivity contribution in [2.24, 2.45) is 5.92 Å². The number of hydrogen-bond donors (Lipinski definition) is 0. The van der Waals surface area contributed by atoms with E-state index in [9.17, 15) is 4.79 Å². The molecule has 0 saturated heterocycles. The fourth-order valence-electron chi connectivity index (χ4n) is 1.39. The van der Waals surface area contributed by atoms with E-state index in [2.05, 4.69) is 4.98 Å². The molecule has 1 heterocycles. The van der Waals surface area contributed by atoms with E-state index in [1.807, 2.05) is 19.9 Å². The molecule has 0 aliphatic carbocycles. The number of carbonyl (C=O) groups is 1. The van der Waals surface area contributed by atoms with E-state index in [1.165, 1.54) is 0 Å². The molecule has 0 bridgehead atoms. The van der Waals surface area contributed by atoms with Crippen LogP contribution in [0.2, 0.25) is 0 Å². The number of Topliss-reactive ketones (excluding diaryl/α,β-unsaturated/α-hetero) is 1. The summed E-state index contributed by atoms with van der Waals surface area (Å²) >= 11 is 0. The van der Waals surface area contributed by atoms with Gasteiger partial charge in [-0.1, -0.05) is 19.9 Å². The fraction of sp³-hybridized carbons (Fsp3) is 0.500. The molecule has 0 aliphatic rings. The minimum absolute atomic E-state index is 0.261. The van der Waals surface area contributed by atoms with Gasteiger partial charge in [-0.15, -0.1) is 0 Å². The van der Waals surface area contributed by atoms with E-state index in [0.29, 0.717) is 24.6 Å². The Labute approximate surface area is 90.5 Å². The summed E-state index contributed by atoms with van der Waals surface area (Å²) in [5.74, 6) is 1.26. The summed E-state index contributed by atoms with van der Waals surface area (Å²) in [5, 5.41) is 0. The number of pyridine rings is 1. The van der Waals surface area contributed by atoms with Crippen molar-refractivity contribution in [2.45, 2.75) is 26.7 Å². The molecule has 0 unspecified atom stereocenters. The minimum Gasteiger partial charge on any atom is -0.481 e. The number of ketones is 1. The lowest BCUT2D eigenvalue weighted by Gasteiger charge is -2.04. The lowest BCUT2D eigenvalue weighted by atomic mass is 10.0. The largest absolute Gasteiger partial charge is 0.481 e. The maximum Gasteiger partial charge on any atom is 0.212 e. The van der Waals surface area contributed by atoms with Gasteiger partial charge in [-0.2, -0.15) is 0 Å². The Hall–Kier alpha value is -1.38. The summed E-state index contributed by atoms with van der Waals surface area (Å²) in [6.45, 7) is 4.09. The first-order valence-corrected chi connectivity index (χ1v) is 5.12. The molecule has 0 radical (unpaired) electrons. The standard InChI is InChI=1S/C12H17NO2/c1-9(2)6-11(14)7-10-4-5-12(15-3)13-8-10/h4-5,8-9H,6-7H2,1-3H3. The third-order valence-corrected chi connectivity index (χ3v) is 2.04. The van der Waals surface area contributed by atoms with Gasteiger partial charge in [0, 0.05) is 25.1 Å². The van der Waals surface area contributed by atoms with Crippen molar-refractivity contribution in [3.8, 4) is 5.88 Å². The highest BCUT2D eigenvalue weighted by molar-refractivity contribution is 5.80. The highest BCUT2D eigenvalue weighted by Gasteiger charge is 2.06. The van der Waals surface area contributed by atoms with E-state index in [4.69, 9.17) is 4.74 Å². The van der Waals surface area contributed by atoms with Crippen LogP contribution in [0.4, 0.5) is 0 Å². The number of carbonyl (C=O) groups excluding carboxylic acids is 1. The van der Waals surface area contributed by atoms with E-state index in [0.717, 1.165) is 5.56 Å². The van der Waals surface area contributed by atoms with Gasteiger partial charge in [0.1, 0.15) is 5.78 Å². The van der Waals surface area contributed by atoms with Crippen LogP contribution in [0, 0.1) is 5.92 Å². The number of aromatic nitrogens is 1. The molecule has 0 aliphatic heterocycles. The Morgan fingerprint density at radius 3 is 2.67 bits per heavy atom. The highest BCUT2D eigenvalue weighted by Crippen LogP contribution is 2.09. The first-order valence-electron chi connectivity index (χ1n) is 5.12. The zero-order chi connectivity index (χ0) is 11.3. The van der Waals surface area contributed by atoms with Crippen LogP contribution in [0.3, 0.4) is 0 Å². The van der Waals surface area contributed by atoms with Gasteiger partial charge < -0.3 is 4.74 Å². The van der Waals surface area contributed by atoms with E-state index in [-0.39, 0.29) is 5.78 Å². The first kappa shape index (κ1) is 11.7. The second kappa shape index (κ2) is 5.49. The van der Waals surface area contributed by atoms with Crippen LogP contribution in [0.1, 0.15) is 25.8 Å². The van der Waals surface area contributed by atoms with Gasteiger partial charge in [0.15, 0.2) is 0 Å². The fourth-order valence-corrected chi connectivity index (χ4v) is 1.39. The molecule has 0 N–H and O–H groups in total. The molecule has 0 fully saturated rings. The highest BCUT2D eigenvalue weighted by atomic mass is 16.5. The van der Waals surface area contributed by atoms with Crippen LogP contribution in [0.25, 0.3) is 0 Å². The van der Waals surface area contributed by atoms with E-state index >= 15 is 0 Å². The second-order valence-electron chi connectivity index (χ2n) is 4.02. The van der Waals surface area contributed by atoms with Crippen molar-refractivity contribution < 1.29 is 9.53 Å². The summed E-state index contributed by atoms with van der Waals surface area (Å²) in [6, 6.07) is 3.65. The van der Waals surface area contributed by atoms with Crippen LogP contribution >= 0.6 is 0 Å². The molecular formula is C12H17NO2. The molecule has 1 aromatic rings. The first-order chi connectivity index (χ1) is 7.11. The minimum atomic E-state index is 0.261. The maximum atomic E-state index is 11.5. The smallest absolute Gasteiger partial charge is 0.212 e. The quantitative estimate of drug-likeness (QED) is 0.743. The average Bonchev–Trinajstić information content (AvgIpc) is 2.17. The molecular weight excluding hydrogens is 190 g/mol. The lowest BCUT2D eigenvalue weighted by Crippen LogP contribution is -2.06. The lowest BCUT2D eigenvalue weighted by molar-refractivity contribution is -0.119. The summed E-state index contributed by atoms with van der Waals surface area (Å²) in [5.41, 5.74) is 0.946. The van der Waals surface area contributed by atoms with Gasteiger partial charge in [-0.3, -0.25) is 4.79 Å². The normalized spacial score (nSPS) is 10.4. The number of nitrogens with zero attached hydrogens (tertiary/aromatic N) is 1. The topological polar surface area (TPSA) is 39.2 Å². The Morgan fingerprint density at radius 2 is 2.20 bits per heavy atom. The van der Waals surface area contributed by atoms with Crippen molar-refractivity contribution in [1.29, 1.82) is 0 Å². The summed E-state index contributed by atoms with van der Waals surface area (Å²) in [7, 11) is 1.58. The number of methoxy groups -OCH3 is 1. The zero-order valence-corrected chi connectivity index (χ0v) is 9.49. The molecule has 15 heavy (non-hydrogen) atoms. The summed E-state index contributed by atoms with van der Waals surface area (Å²) in [4.78, 5) is 15.6. The Morgan fingerprint density at radius 1 is 1.47 bits per heavy atom. The van der Waals surface area contributed by atoms with Gasteiger partial charge >= 0.3 is 0 Å². The van der Waals surface area contributed by atoms with Crippen molar-refractivity contribution in [1.82, 2.24) is 4.98 Å². The van der Waals surface area contributed by atoms with Gasteiger partial charge in [0.2, 0.25) is 5.88 Å². The zero-order valence-electron chi connectivity index (χ0n) is 9.49. The molecule has 1 rings (SSSR count). The Bertz CT molecular complexity index is 317. The molecule has 0 spiro atoms. The van der Waals surface area contributed by atoms with Crippen LogP contribution in [0.15, 0.2) is 18.3 Å². The van der Waals surface area contributed by atoms with Gasteiger partial charge in [-0.05, 0) is 11.5 Å². The molecule has 3 heteroatoms. The Balaban J connectivity index is 2.53. The predicted molar refractivity (Wildman–Crippen MR) is 59.0 cm³/mol. The van der Waals surface area contributed by atoms with Crippen molar-refractivity contribution in [3.63, 3.8) is 0 Å². The molecule has 82 valence electrons. The van der Waals surface area contributed by atoms with Crippen molar-refractivity contribution in [3.05, 3.63) is 23.9 Å². The second-order valence-corrected chi connectivity index (χ2v) is 4.02. The summed E-state index contributed by atoms with van der Waals surface area (Å²) in [6.07, 6.45) is 2.79. The van der Waals surface area contributed by atoms with Crippen LogP contribution < -0.4 is 4.74 Å². The third-order valence-electron chi connectivity index (χ3n) is 2.04. The number of hydrogen-bond acceptors (Lipinski definition) is 3. The average molecular weight is 207 g/mol. The molecule has 3 nitrogen and oxygen atoms in total. The molecule has 1 aromatic heterocycles. The monoisotopic (exact) mass is 207 g/mol. The van der Waals surface area contributed by atoms with Crippen LogP contribution in [-0.2, 0) is 11.2 Å². The predicted octanol–water partition coefficient (Wildman–Crippen LogP) is 2.25. The molecule has 0 amide bonds. The SMILES string of the molecule is COc1ccc(CC(=O)CC(C)C)cn1. The molecule has 0 saturated carbocycles. The van der Waals surface area contributed by atoms with Gasteiger partial charge in [0.05, 0.1) is 7.11 Å². The van der Waals surface area contributed by atoms with Crippen molar-refractivity contribution >= 4 is 5.78 Å². The van der Waals surface area contributed by atoms with Crippen LogP contribution in [-0.4, -0.2) is 17.9 Å². The molecule has 0 aromatic carbocycles. The van der Waals surface area contributed by atoms with Gasteiger partial charge in [0.25, 0.3) is 0 Å². The van der Waals surface area contributed by atoms with E-state index < -0.39 is 0 Å². The molecule has 0 atom stereocenters. The number of rotatable bonds is 5. The Kier molecular flexibility index (Phi) is 4.28.